The van der Waals surface area contributed by atoms with Gasteiger partial charge < -0.3 is 5.41 Å². The van der Waals surface area contributed by atoms with Crippen molar-refractivity contribution in [3.63, 3.8) is 0 Å². The second-order valence-electron chi connectivity index (χ2n) is 2.16. The van der Waals surface area contributed by atoms with Gasteiger partial charge in [-0.25, -0.2) is 0 Å². The van der Waals surface area contributed by atoms with Crippen molar-refractivity contribution in [1.29, 1.82) is 5.41 Å². The first-order valence-electron chi connectivity index (χ1n) is 2.96. The normalized spacial score (nSPS) is 21.4. The molecule has 1 rings (SSSR count). The van der Waals surface area contributed by atoms with E-state index in [1.54, 1.807) is 0 Å². The first kappa shape index (κ1) is 4.88. The molecular formula is C5H10BN. The maximum absolute atomic E-state index is 7.19. The molecule has 0 spiro atoms. The Balaban J connectivity index is 2.25. The zero-order valence-corrected chi connectivity index (χ0v) is 4.54. The molecule has 1 N–H and O–H groups in total. The molecule has 0 aromatic rings. The average molecular weight is 95.0 g/mol. The molecule has 0 radical (unpaired) electrons. The standard InChI is InChI=1S/C5H10BN/c7-5-1-3-6-4-2-5/h6-7H,1-4H2. The molecule has 0 saturated carbocycles. The van der Waals surface area contributed by atoms with Crippen molar-refractivity contribution in [2.75, 3.05) is 0 Å². The largest absolute Gasteiger partial charge is 0.310 e. The van der Waals surface area contributed by atoms with Gasteiger partial charge in [0.05, 0.1) is 0 Å². The molecule has 38 valence electrons. The second kappa shape index (κ2) is 2.15. The Morgan fingerprint density at radius 2 is 1.86 bits per heavy atom. The van der Waals surface area contributed by atoms with E-state index in [4.69, 9.17) is 5.41 Å². The fourth-order valence-electron chi connectivity index (χ4n) is 0.979. The molecule has 1 nitrogen and oxygen atoms in total. The third kappa shape index (κ3) is 1.34. The van der Waals surface area contributed by atoms with Gasteiger partial charge >= 0.3 is 0 Å². The summed E-state index contributed by atoms with van der Waals surface area (Å²) in [5.41, 5.74) is 0.964. The number of rotatable bonds is 0. The van der Waals surface area contributed by atoms with E-state index in [9.17, 15) is 0 Å². The molecule has 0 unspecified atom stereocenters. The SMILES string of the molecule is N=C1CCBCC1. The van der Waals surface area contributed by atoms with Gasteiger partial charge in [-0.3, -0.25) is 0 Å². The zero-order chi connectivity index (χ0) is 5.11. The summed E-state index contributed by atoms with van der Waals surface area (Å²) in [5.74, 6) is 0. The van der Waals surface area contributed by atoms with Gasteiger partial charge in [-0.05, 0) is 12.8 Å². The minimum atomic E-state index is 0.964. The highest BCUT2D eigenvalue weighted by Gasteiger charge is 2.03. The summed E-state index contributed by atoms with van der Waals surface area (Å²) >= 11 is 0. The van der Waals surface area contributed by atoms with Gasteiger partial charge in [0.25, 0.3) is 0 Å². The zero-order valence-electron chi connectivity index (χ0n) is 4.54. The van der Waals surface area contributed by atoms with Gasteiger partial charge in [0.2, 0.25) is 0 Å². The first-order chi connectivity index (χ1) is 3.39. The Morgan fingerprint density at radius 3 is 2.14 bits per heavy atom. The third-order valence-corrected chi connectivity index (χ3v) is 1.46. The minimum Gasteiger partial charge on any atom is -0.310 e. The van der Waals surface area contributed by atoms with Crippen molar-refractivity contribution in [3.05, 3.63) is 0 Å². The molecule has 1 heterocycles. The molecule has 1 saturated heterocycles. The smallest absolute Gasteiger partial charge is 0.121 e. The number of hydrogen-bond acceptors (Lipinski definition) is 1. The van der Waals surface area contributed by atoms with Gasteiger partial charge in [-0.15, -0.1) is 0 Å². The van der Waals surface area contributed by atoms with E-state index in [1.807, 2.05) is 0 Å². The van der Waals surface area contributed by atoms with Gasteiger partial charge in [-0.1, -0.05) is 12.6 Å². The average Bonchev–Trinajstić information content (AvgIpc) is 1.69. The molecule has 2 heteroatoms. The van der Waals surface area contributed by atoms with Crippen LogP contribution in [0.4, 0.5) is 0 Å². The van der Waals surface area contributed by atoms with E-state index in [-0.39, 0.29) is 0 Å². The topological polar surface area (TPSA) is 23.9 Å². The van der Waals surface area contributed by atoms with Gasteiger partial charge in [-0.2, -0.15) is 0 Å². The molecule has 7 heavy (non-hydrogen) atoms. The van der Waals surface area contributed by atoms with Crippen LogP contribution in [0.1, 0.15) is 12.8 Å². The highest BCUT2D eigenvalue weighted by molar-refractivity contribution is 6.37. The Labute approximate surface area is 44.9 Å². The van der Waals surface area contributed by atoms with Crippen molar-refractivity contribution in [2.24, 2.45) is 0 Å². The lowest BCUT2D eigenvalue weighted by Crippen LogP contribution is -2.06. The van der Waals surface area contributed by atoms with E-state index in [0.717, 1.165) is 18.6 Å². The highest BCUT2D eigenvalue weighted by atomic mass is 14.4. The van der Waals surface area contributed by atoms with Crippen LogP contribution in [0.2, 0.25) is 12.6 Å². The molecule has 0 atom stereocenters. The highest BCUT2D eigenvalue weighted by Crippen LogP contribution is 2.07. The monoisotopic (exact) mass is 95.1 g/mol. The van der Waals surface area contributed by atoms with E-state index in [2.05, 4.69) is 0 Å². The molecule has 1 aliphatic heterocycles. The Kier molecular flexibility index (Phi) is 1.50. The summed E-state index contributed by atoms with van der Waals surface area (Å²) in [6.45, 7) is 0. The van der Waals surface area contributed by atoms with Crippen LogP contribution in [0.3, 0.4) is 0 Å². The van der Waals surface area contributed by atoms with Crippen LogP contribution in [0.15, 0.2) is 0 Å². The predicted molar refractivity (Wildman–Crippen MR) is 33.7 cm³/mol. The molecule has 0 bridgehead atoms. The molecule has 1 aliphatic rings. The maximum Gasteiger partial charge on any atom is 0.121 e. The summed E-state index contributed by atoms with van der Waals surface area (Å²) in [5, 5.41) is 7.19. The second-order valence-corrected chi connectivity index (χ2v) is 2.16. The van der Waals surface area contributed by atoms with E-state index in [1.165, 1.54) is 19.9 Å². The number of nitrogens with one attached hydrogen (secondary N) is 1. The lowest BCUT2D eigenvalue weighted by molar-refractivity contribution is 1.06. The maximum atomic E-state index is 7.19. The number of hydrogen-bond donors (Lipinski definition) is 1. The van der Waals surface area contributed by atoms with Gasteiger partial charge in [0.1, 0.15) is 7.28 Å². The molecule has 0 aliphatic carbocycles. The first-order valence-corrected chi connectivity index (χ1v) is 2.96. The Morgan fingerprint density at radius 1 is 1.29 bits per heavy atom. The van der Waals surface area contributed by atoms with E-state index >= 15 is 0 Å². The molecule has 0 amide bonds. The summed E-state index contributed by atoms with van der Waals surface area (Å²) < 4.78 is 0. The van der Waals surface area contributed by atoms with Crippen molar-refractivity contribution in [2.45, 2.75) is 25.5 Å². The Bertz CT molecular complexity index is 72.1. The quantitative estimate of drug-likeness (QED) is 0.435. The third-order valence-electron chi connectivity index (χ3n) is 1.46. The summed E-state index contributed by atoms with van der Waals surface area (Å²) in [4.78, 5) is 0. The van der Waals surface area contributed by atoms with Crippen LogP contribution in [0, 0.1) is 5.41 Å². The Hall–Kier alpha value is -0.265. The lowest BCUT2D eigenvalue weighted by atomic mass is 9.64. The molecule has 0 aromatic heterocycles. The summed E-state index contributed by atoms with van der Waals surface area (Å²) in [6.07, 6.45) is 4.66. The van der Waals surface area contributed by atoms with Crippen molar-refractivity contribution < 1.29 is 0 Å². The van der Waals surface area contributed by atoms with Crippen molar-refractivity contribution >= 4 is 13.0 Å². The van der Waals surface area contributed by atoms with Crippen LogP contribution < -0.4 is 0 Å². The minimum absolute atomic E-state index is 0.964. The van der Waals surface area contributed by atoms with Crippen LogP contribution in [-0.2, 0) is 0 Å². The molecule has 0 aromatic carbocycles. The lowest BCUT2D eigenvalue weighted by Gasteiger charge is -2.07. The fourth-order valence-corrected chi connectivity index (χ4v) is 0.979. The van der Waals surface area contributed by atoms with E-state index in [0.29, 0.717) is 0 Å². The van der Waals surface area contributed by atoms with Crippen LogP contribution in [-0.4, -0.2) is 13.0 Å². The van der Waals surface area contributed by atoms with Crippen LogP contribution in [0.5, 0.6) is 0 Å². The van der Waals surface area contributed by atoms with Gasteiger partial charge in [0.15, 0.2) is 0 Å². The van der Waals surface area contributed by atoms with E-state index < -0.39 is 0 Å². The van der Waals surface area contributed by atoms with Crippen LogP contribution >= 0.6 is 0 Å². The van der Waals surface area contributed by atoms with Crippen molar-refractivity contribution in [3.8, 4) is 0 Å². The van der Waals surface area contributed by atoms with Crippen LogP contribution in [0.25, 0.3) is 0 Å². The molecular weight excluding hydrogens is 84.9 g/mol. The predicted octanol–water partition coefficient (Wildman–Crippen LogP) is 1.07. The molecule has 1 fully saturated rings. The fraction of sp³-hybridized carbons (Fsp3) is 0.800. The van der Waals surface area contributed by atoms with Crippen molar-refractivity contribution in [1.82, 2.24) is 0 Å². The van der Waals surface area contributed by atoms with Gasteiger partial charge in [0, 0.05) is 5.71 Å². The summed E-state index contributed by atoms with van der Waals surface area (Å²) in [6, 6.07) is 0. The summed E-state index contributed by atoms with van der Waals surface area (Å²) in [7, 11) is 1.35.